The van der Waals surface area contributed by atoms with Gasteiger partial charge in [-0.15, -0.1) is 10.3 Å². The summed E-state index contributed by atoms with van der Waals surface area (Å²) in [5, 5.41) is 21.8. The Balaban J connectivity index is 1.74. The fourth-order valence-corrected chi connectivity index (χ4v) is 8.28. The lowest BCUT2D eigenvalue weighted by atomic mass is 9.85. The van der Waals surface area contributed by atoms with Crippen molar-refractivity contribution in [3.8, 4) is 23.0 Å². The van der Waals surface area contributed by atoms with Crippen LogP contribution in [0.2, 0.25) is 0 Å². The zero-order valence-corrected chi connectivity index (χ0v) is 35.1. The molecular weight excluding hydrogens is 671 g/mol. The molecule has 0 spiro atoms. The van der Waals surface area contributed by atoms with Gasteiger partial charge >= 0.3 is 0 Å². The van der Waals surface area contributed by atoms with E-state index >= 15 is 0 Å². The molecule has 6 heteroatoms. The van der Waals surface area contributed by atoms with Crippen LogP contribution in [0.5, 0.6) is 23.0 Å². The molecule has 0 saturated heterocycles. The lowest BCUT2D eigenvalue weighted by molar-refractivity contribution is -0.266. The van der Waals surface area contributed by atoms with Crippen LogP contribution in [-0.2, 0) is 16.3 Å². The molecule has 0 saturated carbocycles. The lowest BCUT2D eigenvalue weighted by Gasteiger charge is -2.32. The largest absolute Gasteiger partial charge is 0.490 e. The van der Waals surface area contributed by atoms with Crippen LogP contribution in [0.25, 0.3) is 32.3 Å². The van der Waals surface area contributed by atoms with Crippen molar-refractivity contribution >= 4 is 32.3 Å². The Morgan fingerprint density at radius 1 is 0.389 bits per heavy atom. The van der Waals surface area contributed by atoms with Gasteiger partial charge in [-0.3, -0.25) is 0 Å². The number of ether oxygens (including phenoxy) is 4. The minimum atomic E-state index is -0.670. The maximum Gasteiger partial charge on any atom is 0.161 e. The molecule has 1 radical (unpaired) electrons. The van der Waals surface area contributed by atoms with Crippen LogP contribution >= 0.6 is 0 Å². The molecule has 0 aromatic heterocycles. The maximum absolute atomic E-state index is 13.9. The van der Waals surface area contributed by atoms with Gasteiger partial charge in [-0.25, -0.2) is 0 Å². The molecule has 4 aromatic rings. The highest BCUT2D eigenvalue weighted by atomic mass is 16.5. The summed E-state index contributed by atoms with van der Waals surface area (Å²) in [5.41, 5.74) is 0.814. The molecule has 0 amide bonds. The monoisotopic (exact) mass is 741 g/mol. The molecule has 0 unspecified atom stereocenters. The molecule has 1 heterocycles. The van der Waals surface area contributed by atoms with Crippen molar-refractivity contribution in [3.63, 3.8) is 0 Å². The van der Waals surface area contributed by atoms with Gasteiger partial charge in [0.15, 0.2) is 23.0 Å². The Morgan fingerprint density at radius 2 is 0.630 bits per heavy atom. The van der Waals surface area contributed by atoms with Crippen LogP contribution in [0.1, 0.15) is 169 Å². The lowest BCUT2D eigenvalue weighted by Crippen LogP contribution is -2.41. The van der Waals surface area contributed by atoms with E-state index in [1.807, 2.05) is 27.7 Å². The number of hydrogen-bond acceptors (Lipinski definition) is 5. The number of hydroxylamine groups is 2. The summed E-state index contributed by atoms with van der Waals surface area (Å²) in [6.45, 7) is 19.8. The van der Waals surface area contributed by atoms with E-state index in [2.05, 4.69) is 64.1 Å². The number of unbranched alkanes of at least 4 members (excludes halogenated alkanes) is 12. The Bertz CT molecular complexity index is 1680. The Kier molecular flexibility index (Phi) is 15.2. The number of nitrogens with zero attached hydrogens (tertiary/aromatic N) is 1. The summed E-state index contributed by atoms with van der Waals surface area (Å²) in [7, 11) is 0. The highest BCUT2D eigenvalue weighted by molar-refractivity contribution is 6.26. The number of hydrogen-bond donors (Lipinski definition) is 0. The topological polar surface area (TPSA) is 60.1 Å². The van der Waals surface area contributed by atoms with Gasteiger partial charge in [0.2, 0.25) is 0 Å². The van der Waals surface area contributed by atoms with Gasteiger partial charge in [0.05, 0.1) is 37.5 Å². The zero-order chi connectivity index (χ0) is 38.7. The molecule has 297 valence electrons. The Morgan fingerprint density at radius 3 is 0.870 bits per heavy atom. The van der Waals surface area contributed by atoms with Crippen LogP contribution in [0.4, 0.5) is 0 Å². The third kappa shape index (κ3) is 9.41. The second-order valence-corrected chi connectivity index (χ2v) is 16.7. The number of fused-ring (bicyclic) bond motifs is 7. The minimum Gasteiger partial charge on any atom is -0.490 e. The van der Waals surface area contributed by atoms with E-state index in [0.29, 0.717) is 26.4 Å². The molecule has 0 aliphatic carbocycles. The molecule has 0 bridgehead atoms. The van der Waals surface area contributed by atoms with Crippen molar-refractivity contribution in [3.05, 3.63) is 47.5 Å². The van der Waals surface area contributed by atoms with Gasteiger partial charge in [-0.05, 0) is 133 Å². The third-order valence-electron chi connectivity index (χ3n) is 11.6. The summed E-state index contributed by atoms with van der Waals surface area (Å²) in [4.78, 5) is 0. The normalized spacial score (nSPS) is 15.0. The second kappa shape index (κ2) is 19.6. The van der Waals surface area contributed by atoms with Crippen molar-refractivity contribution in [1.29, 1.82) is 0 Å². The van der Waals surface area contributed by atoms with Gasteiger partial charge in [0.1, 0.15) is 0 Å². The summed E-state index contributed by atoms with van der Waals surface area (Å²) in [5.74, 6) is 3.17. The van der Waals surface area contributed by atoms with E-state index in [1.165, 1.54) is 56.4 Å². The van der Waals surface area contributed by atoms with Crippen LogP contribution in [0.15, 0.2) is 36.4 Å². The molecule has 4 aromatic carbocycles. The SMILES string of the molecule is CCCCCCOc1cc2c3cc(OCCCCCC)c(OCCCCCC)cc3c3cc4c(cc3c2cc1OCCCCCC)C(C)(C)N([O])C4(C)C. The van der Waals surface area contributed by atoms with Crippen molar-refractivity contribution in [2.24, 2.45) is 0 Å². The first-order valence-electron chi connectivity index (χ1n) is 21.6. The van der Waals surface area contributed by atoms with Crippen LogP contribution in [-0.4, -0.2) is 31.5 Å². The van der Waals surface area contributed by atoms with Gasteiger partial charge in [0, 0.05) is 0 Å². The standard InChI is InChI=1S/C48H70NO5/c1-9-13-17-21-25-51-43-31-37-35-29-41-42(48(7,8)49(50)47(41,5)6)30-36(35)38-32-44(52-26-22-18-14-10-2)46(54-28-24-20-16-12-4)34-40(38)39(37)33-45(43)53-27-23-19-15-11-3/h29-34H,9-28H2,1-8H3. The summed E-state index contributed by atoms with van der Waals surface area (Å²) in [6, 6.07) is 13.4. The van der Waals surface area contributed by atoms with E-state index in [9.17, 15) is 5.21 Å². The molecule has 5 rings (SSSR count). The quantitative estimate of drug-likeness (QED) is 0.0529. The van der Waals surface area contributed by atoms with Crippen molar-refractivity contribution in [2.75, 3.05) is 26.4 Å². The molecule has 1 aliphatic rings. The smallest absolute Gasteiger partial charge is 0.161 e. The van der Waals surface area contributed by atoms with E-state index in [1.54, 1.807) is 0 Å². The van der Waals surface area contributed by atoms with E-state index in [4.69, 9.17) is 18.9 Å². The molecule has 54 heavy (non-hydrogen) atoms. The second-order valence-electron chi connectivity index (χ2n) is 16.7. The van der Waals surface area contributed by atoms with E-state index < -0.39 is 11.1 Å². The van der Waals surface area contributed by atoms with Crippen molar-refractivity contribution < 1.29 is 24.2 Å². The highest BCUT2D eigenvalue weighted by Crippen LogP contribution is 2.52. The van der Waals surface area contributed by atoms with Crippen LogP contribution in [0.3, 0.4) is 0 Å². The van der Waals surface area contributed by atoms with Gasteiger partial charge in [-0.2, -0.15) is 0 Å². The fourth-order valence-electron chi connectivity index (χ4n) is 8.28. The maximum atomic E-state index is 13.9. The molecular formula is C48H70NO5. The average Bonchev–Trinajstić information content (AvgIpc) is 3.29. The van der Waals surface area contributed by atoms with Crippen LogP contribution in [0, 0.1) is 0 Å². The molecule has 6 nitrogen and oxygen atoms in total. The average molecular weight is 741 g/mol. The zero-order valence-electron chi connectivity index (χ0n) is 35.1. The minimum absolute atomic E-state index is 0.653. The fraction of sp³-hybridized carbons (Fsp3) is 0.625. The summed E-state index contributed by atoms with van der Waals surface area (Å²) >= 11 is 0. The van der Waals surface area contributed by atoms with Crippen molar-refractivity contribution in [1.82, 2.24) is 5.06 Å². The number of rotatable bonds is 24. The van der Waals surface area contributed by atoms with Crippen LogP contribution < -0.4 is 18.9 Å². The van der Waals surface area contributed by atoms with Gasteiger partial charge in [-0.1, -0.05) is 105 Å². The van der Waals surface area contributed by atoms with Gasteiger partial charge in [0.25, 0.3) is 0 Å². The molecule has 0 fully saturated rings. The molecule has 1 aliphatic heterocycles. The predicted molar refractivity (Wildman–Crippen MR) is 226 cm³/mol. The van der Waals surface area contributed by atoms with E-state index in [-0.39, 0.29) is 0 Å². The first-order chi connectivity index (χ1) is 26.1. The summed E-state index contributed by atoms with van der Waals surface area (Å²) in [6.07, 6.45) is 18.2. The first-order valence-corrected chi connectivity index (χ1v) is 21.6. The van der Waals surface area contributed by atoms with Crippen molar-refractivity contribution in [2.45, 2.75) is 169 Å². The number of benzene rings is 4. The Labute approximate surface area is 326 Å². The third-order valence-corrected chi connectivity index (χ3v) is 11.6. The van der Waals surface area contributed by atoms with E-state index in [0.717, 1.165) is 118 Å². The highest BCUT2D eigenvalue weighted by Gasteiger charge is 2.50. The van der Waals surface area contributed by atoms with Gasteiger partial charge < -0.3 is 18.9 Å². The molecule has 0 N–H and O–H groups in total. The molecule has 0 atom stereocenters. The Hall–Kier alpha value is -3.22. The summed E-state index contributed by atoms with van der Waals surface area (Å²) < 4.78 is 26.4. The first kappa shape index (κ1) is 41.9. The predicted octanol–water partition coefficient (Wildman–Crippen LogP) is 14.1.